The number of rotatable bonds is 3. The molecule has 7 aromatic rings. The molecule has 204 valence electrons. The molecule has 1 aliphatic heterocycles. The van der Waals surface area contributed by atoms with E-state index in [1.807, 2.05) is 36.3 Å². The van der Waals surface area contributed by atoms with Gasteiger partial charge in [-0.15, -0.1) is 35.0 Å². The van der Waals surface area contributed by atoms with E-state index in [1.165, 1.54) is 10.9 Å². The van der Waals surface area contributed by atoms with Crippen LogP contribution in [0.5, 0.6) is 0 Å². The normalized spacial score (nSPS) is 17.2. The summed E-state index contributed by atoms with van der Waals surface area (Å²) in [5.41, 5.74) is 6.35. The van der Waals surface area contributed by atoms with Gasteiger partial charge in [0.05, 0.1) is 6.04 Å². The number of hydrogen-bond acceptors (Lipinski definition) is 3. The number of aryl methyl sites for hydroxylation is 1. The third kappa shape index (κ3) is 3.48. The molecule has 7 heteroatoms. The number of hydrogen-bond donors (Lipinski definition) is 0. The Bertz CT molecular complexity index is 2210. The van der Waals surface area contributed by atoms with Crippen molar-refractivity contribution >= 4 is 44.2 Å². The van der Waals surface area contributed by atoms with Crippen molar-refractivity contribution in [2.75, 3.05) is 4.90 Å². The maximum atomic E-state index is 4.83. The molecule has 0 bridgehead atoms. The summed E-state index contributed by atoms with van der Waals surface area (Å²) in [6, 6.07) is 31.4. The van der Waals surface area contributed by atoms with Crippen LogP contribution in [0.15, 0.2) is 116 Å². The molecule has 6 nitrogen and oxygen atoms in total. The molecule has 0 saturated heterocycles. The van der Waals surface area contributed by atoms with Crippen LogP contribution in [0.2, 0.25) is 0 Å². The first-order chi connectivity index (χ1) is 20.3. The Hall–Kier alpha value is -4.67. The van der Waals surface area contributed by atoms with Gasteiger partial charge < -0.3 is 18.6 Å². The van der Waals surface area contributed by atoms with Crippen molar-refractivity contribution in [3.8, 4) is 11.6 Å². The van der Waals surface area contributed by atoms with Crippen LogP contribution in [0, 0.1) is 12.1 Å². The van der Waals surface area contributed by atoms with E-state index in [1.54, 1.807) is 0 Å². The number of aromatic nitrogens is 5. The number of para-hydroxylation sites is 1. The molecule has 42 heavy (non-hydrogen) atoms. The Balaban J connectivity index is 0.00000267. The summed E-state index contributed by atoms with van der Waals surface area (Å²) in [7, 11) is 2.01. The van der Waals surface area contributed by atoms with Crippen LogP contribution < -0.4 is 4.90 Å². The van der Waals surface area contributed by atoms with Crippen molar-refractivity contribution in [2.45, 2.75) is 12.0 Å². The number of nitrogens with zero attached hydrogens (tertiary/aromatic N) is 6. The molecule has 1 aliphatic carbocycles. The Morgan fingerprint density at radius 3 is 2.50 bits per heavy atom. The Kier molecular flexibility index (Phi) is 5.63. The van der Waals surface area contributed by atoms with Gasteiger partial charge in [0.1, 0.15) is 5.82 Å². The first-order valence-corrected chi connectivity index (χ1v) is 13.8. The number of fused-ring (bicyclic) bond motifs is 7. The molecule has 0 radical (unpaired) electrons. The first kappa shape index (κ1) is 25.1. The maximum absolute atomic E-state index is 4.83. The molecule has 2 atom stereocenters. The fraction of sp³-hybridized carbons (Fsp3) is 0.0857. The summed E-state index contributed by atoms with van der Waals surface area (Å²) in [6.45, 7) is 0. The van der Waals surface area contributed by atoms with Gasteiger partial charge in [-0.05, 0) is 23.7 Å². The van der Waals surface area contributed by atoms with Gasteiger partial charge in [0.15, 0.2) is 0 Å². The fourth-order valence-electron chi connectivity index (χ4n) is 6.62. The second-order valence-corrected chi connectivity index (χ2v) is 10.7. The first-order valence-electron chi connectivity index (χ1n) is 13.8. The van der Waals surface area contributed by atoms with Crippen LogP contribution in [0.1, 0.15) is 11.5 Å². The molecular weight excluding hydrogens is 700 g/mol. The summed E-state index contributed by atoms with van der Waals surface area (Å²) in [6.07, 6.45) is 16.5. The van der Waals surface area contributed by atoms with Crippen LogP contribution in [-0.4, -0.2) is 29.7 Å². The molecule has 3 aromatic carbocycles. The van der Waals surface area contributed by atoms with E-state index < -0.39 is 0 Å². The zero-order chi connectivity index (χ0) is 27.1. The molecule has 0 saturated carbocycles. The zero-order valence-corrected chi connectivity index (χ0v) is 24.9. The van der Waals surface area contributed by atoms with Crippen molar-refractivity contribution in [1.82, 2.24) is 23.7 Å². The minimum atomic E-state index is 0. The number of pyridine rings is 1. The van der Waals surface area contributed by atoms with Crippen molar-refractivity contribution in [3.05, 3.63) is 134 Å². The van der Waals surface area contributed by atoms with Crippen LogP contribution in [0.3, 0.4) is 0 Å². The number of allylic oxidation sites excluding steroid dienone is 2. The summed E-state index contributed by atoms with van der Waals surface area (Å²) in [5.74, 6) is 2.12. The minimum Gasteiger partial charge on any atom is -0.358 e. The smallest absolute Gasteiger partial charge is 0.358 e. The molecule has 2 unspecified atom stereocenters. The van der Waals surface area contributed by atoms with Crippen LogP contribution in [-0.2, 0) is 28.1 Å². The summed E-state index contributed by atoms with van der Waals surface area (Å²) in [5, 5.41) is 3.47. The SMILES string of the molecule is Cn1ccnc1-n1ccc2ccc(-n3c4[c-]c(N5c6ncccc6C6C=CC=CC65)ccc4c4ccccc43)[c-]c21.[Pt+2]. The number of benzene rings is 3. The van der Waals surface area contributed by atoms with E-state index in [0.717, 1.165) is 50.5 Å². The molecule has 0 amide bonds. The van der Waals surface area contributed by atoms with Crippen molar-refractivity contribution in [3.63, 3.8) is 0 Å². The molecule has 2 aliphatic rings. The van der Waals surface area contributed by atoms with Gasteiger partial charge >= 0.3 is 21.1 Å². The Morgan fingerprint density at radius 1 is 0.738 bits per heavy atom. The van der Waals surface area contributed by atoms with Gasteiger partial charge in [-0.1, -0.05) is 77.0 Å². The van der Waals surface area contributed by atoms with E-state index in [-0.39, 0.29) is 33.0 Å². The molecule has 5 heterocycles. The monoisotopic (exact) mass is 723 g/mol. The fourth-order valence-corrected chi connectivity index (χ4v) is 6.62. The van der Waals surface area contributed by atoms with Gasteiger partial charge in [-0.2, -0.15) is 12.1 Å². The second-order valence-electron chi connectivity index (χ2n) is 10.7. The van der Waals surface area contributed by atoms with E-state index in [2.05, 4.69) is 122 Å². The third-order valence-electron chi connectivity index (χ3n) is 8.47. The number of anilines is 2. The maximum Gasteiger partial charge on any atom is 2.00 e. The van der Waals surface area contributed by atoms with Gasteiger partial charge in [0, 0.05) is 42.6 Å². The van der Waals surface area contributed by atoms with E-state index in [4.69, 9.17) is 4.98 Å². The Labute approximate surface area is 257 Å². The van der Waals surface area contributed by atoms with Gasteiger partial charge in [-0.25, -0.2) is 9.97 Å². The van der Waals surface area contributed by atoms with Crippen molar-refractivity contribution < 1.29 is 21.1 Å². The average Bonchev–Trinajstić information content (AvgIpc) is 3.78. The van der Waals surface area contributed by atoms with E-state index in [9.17, 15) is 0 Å². The van der Waals surface area contributed by atoms with Crippen molar-refractivity contribution in [2.24, 2.45) is 7.05 Å². The molecule has 0 N–H and O–H groups in total. The zero-order valence-electron chi connectivity index (χ0n) is 22.6. The summed E-state index contributed by atoms with van der Waals surface area (Å²) < 4.78 is 6.40. The van der Waals surface area contributed by atoms with Gasteiger partial charge in [0.2, 0.25) is 5.95 Å². The predicted molar refractivity (Wildman–Crippen MR) is 163 cm³/mol. The van der Waals surface area contributed by atoms with Crippen molar-refractivity contribution in [1.29, 1.82) is 0 Å². The molecule has 0 fully saturated rings. The van der Waals surface area contributed by atoms with Crippen LogP contribution in [0.25, 0.3) is 44.3 Å². The molecular formula is C35H24N6Pt. The van der Waals surface area contributed by atoms with Crippen LogP contribution >= 0.6 is 0 Å². The Morgan fingerprint density at radius 2 is 1.60 bits per heavy atom. The summed E-state index contributed by atoms with van der Waals surface area (Å²) in [4.78, 5) is 11.7. The molecule has 9 rings (SSSR count). The van der Waals surface area contributed by atoms with E-state index in [0.29, 0.717) is 0 Å². The van der Waals surface area contributed by atoms with Crippen LogP contribution in [0.4, 0.5) is 11.5 Å². The predicted octanol–water partition coefficient (Wildman–Crippen LogP) is 7.18. The van der Waals surface area contributed by atoms with E-state index >= 15 is 0 Å². The largest absolute Gasteiger partial charge is 2.00 e. The third-order valence-corrected chi connectivity index (χ3v) is 8.47. The topological polar surface area (TPSA) is 43.8 Å². The molecule has 4 aromatic heterocycles. The van der Waals surface area contributed by atoms with Gasteiger partial charge in [-0.3, -0.25) is 0 Å². The molecule has 0 spiro atoms. The van der Waals surface area contributed by atoms with Gasteiger partial charge in [0.25, 0.3) is 0 Å². The average molecular weight is 724 g/mol. The number of imidazole rings is 1. The standard InChI is InChI=1S/C35H24N6.Pt/c1-38-20-18-37-35(38)39-19-16-23-12-13-24(21-32(23)39)40-30-10-4-2-7-26(30)28-15-14-25(22-33(28)40)41-31-11-5-3-8-27(31)29-9-6-17-36-34(29)41;/h2-20,27,31H,1H3;/q-2;+2. The minimum absolute atomic E-state index is 0. The second kappa shape index (κ2) is 9.43. The quantitative estimate of drug-likeness (QED) is 0.182. The summed E-state index contributed by atoms with van der Waals surface area (Å²) >= 11 is 0.